The number of benzene rings is 1. The molecule has 0 bridgehead atoms. The van der Waals surface area contributed by atoms with E-state index < -0.39 is 0 Å². The van der Waals surface area contributed by atoms with Crippen LogP contribution in [-0.2, 0) is 22.7 Å². The van der Waals surface area contributed by atoms with Gasteiger partial charge in [-0.05, 0) is 97.6 Å². The predicted octanol–water partition coefficient (Wildman–Crippen LogP) is 9.51. The molecule has 0 spiro atoms. The Kier molecular flexibility index (Phi) is 8.19. The molecule has 0 fully saturated rings. The van der Waals surface area contributed by atoms with Gasteiger partial charge in [-0.3, -0.25) is 0 Å². The van der Waals surface area contributed by atoms with Gasteiger partial charge in [-0.1, -0.05) is 18.2 Å². The van der Waals surface area contributed by atoms with Crippen LogP contribution in [0.25, 0.3) is 19.5 Å². The van der Waals surface area contributed by atoms with E-state index in [1.54, 1.807) is 34.8 Å². The fourth-order valence-electron chi connectivity index (χ4n) is 3.30. The van der Waals surface area contributed by atoms with Gasteiger partial charge in [0.2, 0.25) is 0 Å². The Morgan fingerprint density at radius 1 is 0.583 bits per heavy atom. The van der Waals surface area contributed by atoms with Crippen molar-refractivity contribution in [2.24, 2.45) is 0 Å². The molecule has 4 nitrogen and oxygen atoms in total. The van der Waals surface area contributed by atoms with Crippen LogP contribution >= 0.6 is 77.2 Å². The molecule has 4 heterocycles. The van der Waals surface area contributed by atoms with Gasteiger partial charge >= 0.3 is 11.9 Å². The van der Waals surface area contributed by atoms with Crippen molar-refractivity contribution >= 4 is 89.1 Å². The fraction of sp³-hybridized carbons (Fsp3) is 0.0769. The summed E-state index contributed by atoms with van der Waals surface area (Å²) in [6, 6.07) is 23.0. The number of rotatable bonds is 8. The summed E-state index contributed by atoms with van der Waals surface area (Å²) in [7, 11) is 0. The fourth-order valence-corrected chi connectivity index (χ4v) is 8.06. The summed E-state index contributed by atoms with van der Waals surface area (Å²) in [6.07, 6.45) is 0. The molecule has 0 saturated carbocycles. The van der Waals surface area contributed by atoms with Crippen LogP contribution in [0, 0.1) is 0 Å². The molecular formula is C26H16Br2O4S4. The first-order valence-electron chi connectivity index (χ1n) is 10.6. The monoisotopic (exact) mass is 678 g/mol. The molecule has 1 aromatic carbocycles. The highest BCUT2D eigenvalue weighted by molar-refractivity contribution is 9.11. The van der Waals surface area contributed by atoms with Crippen molar-refractivity contribution in [2.75, 3.05) is 0 Å². The first-order chi connectivity index (χ1) is 17.4. The minimum Gasteiger partial charge on any atom is -0.457 e. The van der Waals surface area contributed by atoms with Gasteiger partial charge in [0.15, 0.2) is 0 Å². The molecule has 36 heavy (non-hydrogen) atoms. The van der Waals surface area contributed by atoms with E-state index in [-0.39, 0.29) is 25.2 Å². The Bertz CT molecular complexity index is 1420. The summed E-state index contributed by atoms with van der Waals surface area (Å²) in [5.74, 6) is -0.713. The molecule has 5 rings (SSSR count). The Morgan fingerprint density at radius 3 is 1.42 bits per heavy atom. The van der Waals surface area contributed by atoms with Crippen molar-refractivity contribution in [3.05, 3.63) is 101 Å². The van der Waals surface area contributed by atoms with Crippen LogP contribution in [0.4, 0.5) is 0 Å². The number of esters is 2. The average molecular weight is 680 g/mol. The van der Waals surface area contributed by atoms with E-state index in [0.717, 1.165) is 38.2 Å². The van der Waals surface area contributed by atoms with E-state index in [9.17, 15) is 9.59 Å². The van der Waals surface area contributed by atoms with Crippen LogP contribution in [0.5, 0.6) is 0 Å². The van der Waals surface area contributed by atoms with E-state index in [1.807, 2.05) is 60.7 Å². The maximum absolute atomic E-state index is 12.5. The first-order valence-corrected chi connectivity index (χ1v) is 15.4. The lowest BCUT2D eigenvalue weighted by Crippen LogP contribution is -2.05. The second kappa shape index (κ2) is 11.5. The molecule has 0 N–H and O–H groups in total. The molecule has 0 atom stereocenters. The Balaban J connectivity index is 1.15. The van der Waals surface area contributed by atoms with Crippen LogP contribution in [-0.4, -0.2) is 11.9 Å². The van der Waals surface area contributed by atoms with Gasteiger partial charge in [0.25, 0.3) is 0 Å². The molecule has 5 aromatic rings. The van der Waals surface area contributed by atoms with Crippen molar-refractivity contribution in [1.82, 2.24) is 0 Å². The highest BCUT2D eigenvalue weighted by Crippen LogP contribution is 2.37. The largest absolute Gasteiger partial charge is 0.457 e. The van der Waals surface area contributed by atoms with Gasteiger partial charge < -0.3 is 9.47 Å². The van der Waals surface area contributed by atoms with Gasteiger partial charge in [-0.2, -0.15) is 0 Å². The minimum absolute atomic E-state index is 0.142. The third-order valence-electron chi connectivity index (χ3n) is 4.98. The van der Waals surface area contributed by atoms with E-state index in [4.69, 9.17) is 9.47 Å². The molecule has 0 saturated heterocycles. The van der Waals surface area contributed by atoms with E-state index in [0.29, 0.717) is 9.75 Å². The van der Waals surface area contributed by atoms with Gasteiger partial charge in [-0.15, -0.1) is 45.3 Å². The average Bonchev–Trinajstić information content (AvgIpc) is 3.68. The molecule has 0 aliphatic heterocycles. The van der Waals surface area contributed by atoms with Gasteiger partial charge in [0, 0.05) is 19.5 Å². The van der Waals surface area contributed by atoms with Gasteiger partial charge in [-0.25, -0.2) is 9.59 Å². The third kappa shape index (κ3) is 6.24. The second-order valence-corrected chi connectivity index (χ2v) is 14.6. The summed E-state index contributed by atoms with van der Waals surface area (Å²) >= 11 is 13.0. The lowest BCUT2D eigenvalue weighted by molar-refractivity contribution is 0.0477. The number of thiophene rings is 4. The highest BCUT2D eigenvalue weighted by atomic mass is 79.9. The van der Waals surface area contributed by atoms with E-state index in [1.165, 1.54) is 22.7 Å². The standard InChI is InChI=1S/C26H16Br2O4S4/c27-23-10-8-19(35-23)17-4-6-21(33-17)25(29)31-13-15-2-1-3-16(12-15)14-32-26(30)22-7-5-18(34-22)20-9-11-24(28)36-20/h1-12H,13-14H2. The summed E-state index contributed by atoms with van der Waals surface area (Å²) < 4.78 is 13.1. The Hall–Kier alpha value is -2.08. The molecule has 4 aromatic heterocycles. The Labute approximate surface area is 240 Å². The zero-order valence-corrected chi connectivity index (χ0v) is 24.8. The van der Waals surface area contributed by atoms with Crippen LogP contribution in [0.15, 0.2) is 80.4 Å². The maximum Gasteiger partial charge on any atom is 0.348 e. The summed E-state index contributed by atoms with van der Waals surface area (Å²) in [5, 5.41) is 0. The second-order valence-electron chi connectivity index (χ2n) is 7.51. The van der Waals surface area contributed by atoms with Crippen molar-refractivity contribution < 1.29 is 19.1 Å². The number of hydrogen-bond acceptors (Lipinski definition) is 8. The molecule has 0 unspecified atom stereocenters. The summed E-state index contributed by atoms with van der Waals surface area (Å²) in [4.78, 5) is 30.5. The lowest BCUT2D eigenvalue weighted by Gasteiger charge is -2.07. The molecule has 10 heteroatoms. The zero-order valence-electron chi connectivity index (χ0n) is 18.4. The minimum atomic E-state index is -0.357. The van der Waals surface area contributed by atoms with Crippen LogP contribution in [0.1, 0.15) is 30.5 Å². The Morgan fingerprint density at radius 2 is 1.00 bits per heavy atom. The molecule has 0 aliphatic rings. The van der Waals surface area contributed by atoms with Gasteiger partial charge in [0.05, 0.1) is 7.57 Å². The number of hydrogen-bond donors (Lipinski definition) is 0. The van der Waals surface area contributed by atoms with E-state index >= 15 is 0 Å². The topological polar surface area (TPSA) is 52.6 Å². The quantitative estimate of drug-likeness (QED) is 0.153. The zero-order chi connectivity index (χ0) is 25.1. The lowest BCUT2D eigenvalue weighted by atomic mass is 10.1. The molecule has 0 aliphatic carbocycles. The summed E-state index contributed by atoms with van der Waals surface area (Å²) in [5.41, 5.74) is 1.66. The maximum atomic E-state index is 12.5. The highest BCUT2D eigenvalue weighted by Gasteiger charge is 2.15. The number of carbonyl (C=O) groups is 2. The smallest absolute Gasteiger partial charge is 0.348 e. The summed E-state index contributed by atoms with van der Waals surface area (Å²) in [6.45, 7) is 0.284. The van der Waals surface area contributed by atoms with Crippen molar-refractivity contribution in [3.63, 3.8) is 0 Å². The third-order valence-corrected chi connectivity index (χ3v) is 10.7. The number of ether oxygens (including phenoxy) is 2. The SMILES string of the molecule is O=C(OCc1cccc(COC(=O)c2ccc(-c3ccc(Br)s3)s2)c1)c1ccc(-c2ccc(Br)s2)s1. The van der Waals surface area contributed by atoms with Crippen LogP contribution in [0.2, 0.25) is 0 Å². The van der Waals surface area contributed by atoms with Crippen LogP contribution in [0.3, 0.4) is 0 Å². The molecular weight excluding hydrogens is 664 g/mol. The van der Waals surface area contributed by atoms with E-state index in [2.05, 4.69) is 31.9 Å². The van der Waals surface area contributed by atoms with Gasteiger partial charge in [0.1, 0.15) is 23.0 Å². The molecule has 182 valence electrons. The van der Waals surface area contributed by atoms with Crippen molar-refractivity contribution in [3.8, 4) is 19.5 Å². The molecule has 0 amide bonds. The molecule has 0 radical (unpaired) electrons. The van der Waals surface area contributed by atoms with Crippen molar-refractivity contribution in [1.29, 1.82) is 0 Å². The first kappa shape index (κ1) is 25.6. The number of carbonyl (C=O) groups excluding carboxylic acids is 2. The normalized spacial score (nSPS) is 10.9. The predicted molar refractivity (Wildman–Crippen MR) is 155 cm³/mol. The number of halogens is 2. The van der Waals surface area contributed by atoms with Crippen LogP contribution < -0.4 is 0 Å². The van der Waals surface area contributed by atoms with Crippen molar-refractivity contribution in [2.45, 2.75) is 13.2 Å².